The van der Waals surface area contributed by atoms with Crippen LogP contribution in [0.1, 0.15) is 0 Å². The van der Waals surface area contributed by atoms with Gasteiger partial charge in [-0.1, -0.05) is 12.1 Å². The highest BCUT2D eigenvalue weighted by Gasteiger charge is 2.14. The van der Waals surface area contributed by atoms with E-state index in [0.717, 1.165) is 35.1 Å². The van der Waals surface area contributed by atoms with Gasteiger partial charge in [0.05, 0.1) is 25.3 Å². The molecule has 1 aliphatic heterocycles. The fourth-order valence-corrected chi connectivity index (χ4v) is 2.96. The van der Waals surface area contributed by atoms with Crippen molar-refractivity contribution in [3.05, 3.63) is 48.8 Å². The van der Waals surface area contributed by atoms with E-state index in [4.69, 9.17) is 4.74 Å². The van der Waals surface area contributed by atoms with E-state index >= 15 is 0 Å². The number of hydrogen-bond acceptors (Lipinski definition) is 6. The van der Waals surface area contributed by atoms with Crippen molar-refractivity contribution in [3.8, 4) is 11.1 Å². The summed E-state index contributed by atoms with van der Waals surface area (Å²) in [6, 6.07) is 11.7. The van der Waals surface area contributed by atoms with Crippen LogP contribution >= 0.6 is 0 Å². The van der Waals surface area contributed by atoms with Crippen LogP contribution in [-0.4, -0.2) is 58.8 Å². The van der Waals surface area contributed by atoms with Crippen LogP contribution in [-0.2, 0) is 9.53 Å². The number of aromatic nitrogens is 3. The molecule has 0 unspecified atom stereocenters. The van der Waals surface area contributed by atoms with E-state index in [0.29, 0.717) is 25.6 Å². The second-order valence-corrected chi connectivity index (χ2v) is 6.18. The van der Waals surface area contributed by atoms with Crippen molar-refractivity contribution in [2.45, 2.75) is 0 Å². The van der Waals surface area contributed by atoms with Gasteiger partial charge in [-0.15, -0.1) is 10.2 Å². The molecule has 1 fully saturated rings. The number of anilines is 1. The van der Waals surface area contributed by atoms with Gasteiger partial charge in [0.15, 0.2) is 5.82 Å². The zero-order valence-electron chi connectivity index (χ0n) is 14.3. The topological polar surface area (TPSA) is 80.2 Å². The smallest absolute Gasteiger partial charge is 0.239 e. The summed E-state index contributed by atoms with van der Waals surface area (Å²) in [6.07, 6.45) is 3.57. The fraction of sp³-hybridized carbons (Fsp3) is 0.263. The third-order valence-corrected chi connectivity index (χ3v) is 4.32. The van der Waals surface area contributed by atoms with Gasteiger partial charge in [0, 0.05) is 36.4 Å². The molecule has 7 nitrogen and oxygen atoms in total. The van der Waals surface area contributed by atoms with Crippen LogP contribution in [0.5, 0.6) is 0 Å². The second-order valence-electron chi connectivity index (χ2n) is 6.18. The molecular formula is C19H19N5O2. The number of carbonyl (C=O) groups is 1. The zero-order valence-corrected chi connectivity index (χ0v) is 14.3. The lowest BCUT2D eigenvalue weighted by molar-refractivity contribution is -0.118. The minimum atomic E-state index is -0.0936. The molecule has 1 N–H and O–H groups in total. The lowest BCUT2D eigenvalue weighted by Crippen LogP contribution is -2.41. The molecule has 0 aliphatic carbocycles. The van der Waals surface area contributed by atoms with Crippen LogP contribution in [0.25, 0.3) is 22.0 Å². The first kappa shape index (κ1) is 16.6. The number of benzene rings is 1. The molecule has 0 saturated carbocycles. The third kappa shape index (κ3) is 3.84. The Hall–Kier alpha value is -2.90. The van der Waals surface area contributed by atoms with E-state index in [9.17, 15) is 4.79 Å². The molecule has 1 aliphatic rings. The summed E-state index contributed by atoms with van der Waals surface area (Å²) < 4.78 is 5.30. The molecule has 3 aromatic rings. The molecule has 1 amide bonds. The number of nitrogens with one attached hydrogen (secondary N) is 1. The highest BCUT2D eigenvalue weighted by molar-refractivity contribution is 5.93. The van der Waals surface area contributed by atoms with Crippen molar-refractivity contribution in [3.63, 3.8) is 0 Å². The molecule has 2 aromatic heterocycles. The first-order valence-electron chi connectivity index (χ1n) is 8.56. The van der Waals surface area contributed by atoms with Crippen molar-refractivity contribution in [1.29, 1.82) is 0 Å². The maximum Gasteiger partial charge on any atom is 0.239 e. The summed E-state index contributed by atoms with van der Waals surface area (Å²) in [5.41, 5.74) is 2.86. The molecule has 4 rings (SSSR count). The molecule has 0 bridgehead atoms. The second kappa shape index (κ2) is 7.55. The number of ether oxygens (including phenoxy) is 1. The molecule has 0 radical (unpaired) electrons. The number of rotatable bonds is 4. The molecule has 0 atom stereocenters. The van der Waals surface area contributed by atoms with E-state index in [1.54, 1.807) is 6.20 Å². The van der Waals surface area contributed by atoms with E-state index in [1.807, 2.05) is 42.6 Å². The summed E-state index contributed by atoms with van der Waals surface area (Å²) >= 11 is 0. The van der Waals surface area contributed by atoms with Crippen molar-refractivity contribution < 1.29 is 9.53 Å². The first-order chi connectivity index (χ1) is 12.8. The Labute approximate surface area is 151 Å². The molecule has 3 heterocycles. The molecular weight excluding hydrogens is 330 g/mol. The number of nitrogens with zero attached hydrogens (tertiary/aromatic N) is 4. The standard InChI is InChI=1S/C19H19N5O2/c25-19(13-24-6-8-26-9-7-24)21-18-11-16-10-14(3-4-17(16)22-23-18)15-2-1-5-20-12-15/h1-5,10-12H,6-9,13H2,(H,21,23,25). The van der Waals surface area contributed by atoms with Gasteiger partial charge in [-0.25, -0.2) is 0 Å². The van der Waals surface area contributed by atoms with Crippen molar-refractivity contribution in [2.75, 3.05) is 38.2 Å². The maximum absolute atomic E-state index is 12.2. The highest BCUT2D eigenvalue weighted by atomic mass is 16.5. The number of amides is 1. The average Bonchev–Trinajstić information content (AvgIpc) is 2.69. The monoisotopic (exact) mass is 349 g/mol. The quantitative estimate of drug-likeness (QED) is 0.776. The van der Waals surface area contributed by atoms with Crippen molar-refractivity contribution >= 4 is 22.6 Å². The summed E-state index contributed by atoms with van der Waals surface area (Å²) in [5, 5.41) is 12.1. The average molecular weight is 349 g/mol. The van der Waals surface area contributed by atoms with Crippen LogP contribution in [0.3, 0.4) is 0 Å². The Balaban J connectivity index is 1.51. The SMILES string of the molecule is O=C(CN1CCOCC1)Nc1cc2cc(-c3cccnc3)ccc2nn1. The van der Waals surface area contributed by atoms with Gasteiger partial charge in [-0.3, -0.25) is 14.7 Å². The number of pyridine rings is 1. The molecule has 132 valence electrons. The Morgan fingerprint density at radius 2 is 2.00 bits per heavy atom. The minimum absolute atomic E-state index is 0.0936. The Bertz CT molecular complexity index is 910. The third-order valence-electron chi connectivity index (χ3n) is 4.32. The summed E-state index contributed by atoms with van der Waals surface area (Å²) in [5.74, 6) is 0.364. The molecule has 1 aromatic carbocycles. The predicted molar refractivity (Wildman–Crippen MR) is 98.7 cm³/mol. The van der Waals surface area contributed by atoms with Gasteiger partial charge < -0.3 is 10.1 Å². The number of carbonyl (C=O) groups excluding carboxylic acids is 1. The Kier molecular flexibility index (Phi) is 4.81. The largest absolute Gasteiger partial charge is 0.379 e. The molecule has 0 spiro atoms. The Morgan fingerprint density at radius 3 is 2.81 bits per heavy atom. The van der Waals surface area contributed by atoms with Crippen LogP contribution < -0.4 is 5.32 Å². The maximum atomic E-state index is 12.2. The van der Waals surface area contributed by atoms with Gasteiger partial charge in [-0.2, -0.15) is 0 Å². The minimum Gasteiger partial charge on any atom is -0.379 e. The number of morpholine rings is 1. The highest BCUT2D eigenvalue weighted by Crippen LogP contribution is 2.23. The van der Waals surface area contributed by atoms with Crippen LogP contribution in [0.4, 0.5) is 5.82 Å². The fourth-order valence-electron chi connectivity index (χ4n) is 2.96. The van der Waals surface area contributed by atoms with Crippen LogP contribution in [0, 0.1) is 0 Å². The van der Waals surface area contributed by atoms with Gasteiger partial charge in [0.2, 0.25) is 5.91 Å². The predicted octanol–water partition coefficient (Wildman–Crippen LogP) is 1.96. The number of hydrogen-bond donors (Lipinski definition) is 1. The lowest BCUT2D eigenvalue weighted by atomic mass is 10.1. The molecule has 26 heavy (non-hydrogen) atoms. The van der Waals surface area contributed by atoms with E-state index < -0.39 is 0 Å². The normalized spacial score (nSPS) is 15.1. The summed E-state index contributed by atoms with van der Waals surface area (Å²) in [7, 11) is 0. The van der Waals surface area contributed by atoms with Crippen molar-refractivity contribution in [1.82, 2.24) is 20.1 Å². The number of fused-ring (bicyclic) bond motifs is 1. The van der Waals surface area contributed by atoms with Gasteiger partial charge in [-0.05, 0) is 29.8 Å². The lowest BCUT2D eigenvalue weighted by Gasteiger charge is -2.25. The van der Waals surface area contributed by atoms with Gasteiger partial charge >= 0.3 is 0 Å². The first-order valence-corrected chi connectivity index (χ1v) is 8.56. The van der Waals surface area contributed by atoms with Gasteiger partial charge in [0.25, 0.3) is 0 Å². The van der Waals surface area contributed by atoms with Crippen LogP contribution in [0.15, 0.2) is 48.8 Å². The zero-order chi connectivity index (χ0) is 17.8. The van der Waals surface area contributed by atoms with Gasteiger partial charge in [0.1, 0.15) is 0 Å². The van der Waals surface area contributed by atoms with E-state index in [-0.39, 0.29) is 5.91 Å². The van der Waals surface area contributed by atoms with Crippen molar-refractivity contribution in [2.24, 2.45) is 0 Å². The Morgan fingerprint density at radius 1 is 1.12 bits per heavy atom. The summed E-state index contributed by atoms with van der Waals surface area (Å²) in [6.45, 7) is 3.20. The van der Waals surface area contributed by atoms with Crippen LogP contribution in [0.2, 0.25) is 0 Å². The summed E-state index contributed by atoms with van der Waals surface area (Å²) in [4.78, 5) is 18.5. The van der Waals surface area contributed by atoms with E-state index in [2.05, 4.69) is 25.4 Å². The molecule has 7 heteroatoms. The molecule has 1 saturated heterocycles. The van der Waals surface area contributed by atoms with E-state index in [1.165, 1.54) is 0 Å².